The summed E-state index contributed by atoms with van der Waals surface area (Å²) in [5.41, 5.74) is 0. The van der Waals surface area contributed by atoms with E-state index >= 15 is 0 Å². The number of fused-ring (bicyclic) bond motifs is 2. The quantitative estimate of drug-likeness (QED) is 0.539. The molecule has 2 aliphatic heterocycles. The summed E-state index contributed by atoms with van der Waals surface area (Å²) in [4.78, 5) is 10.4. The largest absolute Gasteiger partial charge is 0.494 e. The first-order valence-corrected chi connectivity index (χ1v) is 9.12. The molecule has 2 heterocycles. The number of benzene rings is 1. The Morgan fingerprint density at radius 2 is 1.88 bits per heavy atom. The maximum Gasteiger partial charge on any atom is 0.327 e. The Balaban J connectivity index is 1.46. The minimum atomic E-state index is -0.895. The van der Waals surface area contributed by atoms with Crippen molar-refractivity contribution in [1.29, 1.82) is 0 Å². The Morgan fingerprint density at radius 3 is 2.64 bits per heavy atom. The SMILES string of the molecule is O=C(O)/C=C/C/C=C\C[C@H]1[C@@H](CCOc2ccccc2)[C@H]2CC[C@@H]1O2. The molecule has 1 aromatic rings. The van der Waals surface area contributed by atoms with E-state index in [9.17, 15) is 4.79 Å². The van der Waals surface area contributed by atoms with Crippen LogP contribution in [-0.2, 0) is 9.53 Å². The first kappa shape index (κ1) is 17.7. The first-order valence-electron chi connectivity index (χ1n) is 9.12. The molecule has 4 nitrogen and oxygen atoms in total. The van der Waals surface area contributed by atoms with E-state index in [1.165, 1.54) is 12.5 Å². The van der Waals surface area contributed by atoms with Crippen LogP contribution in [0, 0.1) is 11.8 Å². The number of hydrogen-bond donors (Lipinski definition) is 1. The van der Waals surface area contributed by atoms with Gasteiger partial charge in [-0.3, -0.25) is 0 Å². The highest BCUT2D eigenvalue weighted by Crippen LogP contribution is 2.46. The number of carboxylic acids is 1. The zero-order valence-electron chi connectivity index (χ0n) is 14.4. The molecular formula is C21H26O4. The average molecular weight is 342 g/mol. The van der Waals surface area contributed by atoms with E-state index in [1.807, 2.05) is 36.4 Å². The van der Waals surface area contributed by atoms with Crippen molar-refractivity contribution in [3.05, 3.63) is 54.6 Å². The van der Waals surface area contributed by atoms with Gasteiger partial charge in [0.25, 0.3) is 0 Å². The fraction of sp³-hybridized carbons (Fsp3) is 0.476. The third kappa shape index (κ3) is 4.95. The van der Waals surface area contributed by atoms with Gasteiger partial charge in [-0.1, -0.05) is 36.4 Å². The minimum absolute atomic E-state index is 0.380. The second-order valence-electron chi connectivity index (χ2n) is 6.75. The highest BCUT2D eigenvalue weighted by Gasteiger charge is 2.47. The van der Waals surface area contributed by atoms with Crippen molar-refractivity contribution in [2.45, 2.75) is 44.3 Å². The summed E-state index contributed by atoms with van der Waals surface area (Å²) in [6.07, 6.45) is 12.9. The van der Waals surface area contributed by atoms with Gasteiger partial charge in [0, 0.05) is 6.08 Å². The smallest absolute Gasteiger partial charge is 0.327 e. The van der Waals surface area contributed by atoms with E-state index in [4.69, 9.17) is 14.6 Å². The van der Waals surface area contributed by atoms with Crippen LogP contribution >= 0.6 is 0 Å². The van der Waals surface area contributed by atoms with Gasteiger partial charge in [-0.25, -0.2) is 4.79 Å². The van der Waals surface area contributed by atoms with Crippen molar-refractivity contribution in [3.63, 3.8) is 0 Å². The summed E-state index contributed by atoms with van der Waals surface area (Å²) in [6.45, 7) is 0.725. The number of ether oxygens (including phenoxy) is 2. The molecule has 4 atom stereocenters. The molecule has 3 rings (SSSR count). The molecule has 2 aliphatic rings. The predicted octanol–water partition coefficient (Wildman–Crippen LogP) is 4.23. The topological polar surface area (TPSA) is 55.8 Å². The van der Waals surface area contributed by atoms with Crippen molar-refractivity contribution in [2.75, 3.05) is 6.61 Å². The molecule has 134 valence electrons. The van der Waals surface area contributed by atoms with Crippen LogP contribution in [0.25, 0.3) is 0 Å². The molecule has 1 aromatic carbocycles. The van der Waals surface area contributed by atoms with Crippen LogP contribution in [0.5, 0.6) is 5.75 Å². The van der Waals surface area contributed by atoms with E-state index in [1.54, 1.807) is 6.08 Å². The Bertz CT molecular complexity index is 608. The third-order valence-electron chi connectivity index (χ3n) is 5.16. The Labute approximate surface area is 149 Å². The number of aliphatic carboxylic acids is 1. The van der Waals surface area contributed by atoms with Crippen molar-refractivity contribution in [2.24, 2.45) is 11.8 Å². The molecule has 2 saturated heterocycles. The van der Waals surface area contributed by atoms with Gasteiger partial charge in [-0.2, -0.15) is 0 Å². The summed E-state index contributed by atoms with van der Waals surface area (Å²) in [5.74, 6) is 1.14. The molecule has 0 radical (unpaired) electrons. The molecule has 0 aromatic heterocycles. The fourth-order valence-corrected chi connectivity index (χ4v) is 4.02. The highest BCUT2D eigenvalue weighted by atomic mass is 16.5. The second kappa shape index (κ2) is 8.86. The molecule has 25 heavy (non-hydrogen) atoms. The van der Waals surface area contributed by atoms with E-state index in [0.717, 1.165) is 31.6 Å². The highest BCUT2D eigenvalue weighted by molar-refractivity contribution is 5.79. The van der Waals surface area contributed by atoms with Gasteiger partial charge in [0.05, 0.1) is 18.8 Å². The summed E-state index contributed by atoms with van der Waals surface area (Å²) in [6, 6.07) is 9.94. The number of hydrogen-bond acceptors (Lipinski definition) is 3. The van der Waals surface area contributed by atoms with Crippen LogP contribution in [0.4, 0.5) is 0 Å². The lowest BCUT2D eigenvalue weighted by molar-refractivity contribution is -0.131. The predicted molar refractivity (Wildman–Crippen MR) is 96.6 cm³/mol. The maximum atomic E-state index is 10.4. The van der Waals surface area contributed by atoms with E-state index in [0.29, 0.717) is 30.5 Å². The van der Waals surface area contributed by atoms with Gasteiger partial charge < -0.3 is 14.6 Å². The summed E-state index contributed by atoms with van der Waals surface area (Å²) in [5, 5.41) is 8.57. The van der Waals surface area contributed by atoms with Gasteiger partial charge in [-0.05, 0) is 56.1 Å². The Morgan fingerprint density at radius 1 is 1.12 bits per heavy atom. The van der Waals surface area contributed by atoms with Gasteiger partial charge >= 0.3 is 5.97 Å². The number of allylic oxidation sites excluding steroid dienone is 3. The fourth-order valence-electron chi connectivity index (χ4n) is 4.02. The molecule has 2 fully saturated rings. The summed E-state index contributed by atoms with van der Waals surface area (Å²) < 4.78 is 12.0. The summed E-state index contributed by atoms with van der Waals surface area (Å²) in [7, 11) is 0. The zero-order valence-corrected chi connectivity index (χ0v) is 14.4. The lowest BCUT2D eigenvalue weighted by atomic mass is 9.76. The van der Waals surface area contributed by atoms with Gasteiger partial charge in [0.1, 0.15) is 5.75 Å². The van der Waals surface area contributed by atoms with Crippen LogP contribution in [0.1, 0.15) is 32.1 Å². The van der Waals surface area contributed by atoms with Crippen LogP contribution in [0.15, 0.2) is 54.6 Å². The van der Waals surface area contributed by atoms with Crippen molar-refractivity contribution >= 4 is 5.97 Å². The van der Waals surface area contributed by atoms with E-state index in [2.05, 4.69) is 6.08 Å². The normalized spacial score (nSPS) is 28.2. The number of carbonyl (C=O) groups is 1. The lowest BCUT2D eigenvalue weighted by Gasteiger charge is -2.27. The standard InChI is InChI=1S/C21H26O4/c22-21(23)11-7-2-1-6-10-17-18(20-13-12-19(17)25-20)14-15-24-16-8-4-3-5-9-16/h1,3-9,11,17-20H,2,10,12-15H2,(H,22,23)/b6-1-,11-7+/t17-,18+,19-,20+/m0/s1. The number of carboxylic acid groups (broad SMARTS) is 1. The molecule has 0 aliphatic carbocycles. The number of para-hydroxylation sites is 1. The van der Waals surface area contributed by atoms with Crippen LogP contribution < -0.4 is 4.74 Å². The van der Waals surface area contributed by atoms with Crippen molar-refractivity contribution < 1.29 is 19.4 Å². The van der Waals surface area contributed by atoms with Crippen molar-refractivity contribution in [1.82, 2.24) is 0 Å². The van der Waals surface area contributed by atoms with E-state index in [-0.39, 0.29) is 0 Å². The van der Waals surface area contributed by atoms with Crippen molar-refractivity contribution in [3.8, 4) is 5.75 Å². The molecular weight excluding hydrogens is 316 g/mol. The monoisotopic (exact) mass is 342 g/mol. The van der Waals surface area contributed by atoms with Gasteiger partial charge in [0.2, 0.25) is 0 Å². The minimum Gasteiger partial charge on any atom is -0.494 e. The maximum absolute atomic E-state index is 10.4. The summed E-state index contributed by atoms with van der Waals surface area (Å²) >= 11 is 0. The van der Waals surface area contributed by atoms with Crippen LogP contribution in [0.3, 0.4) is 0 Å². The van der Waals surface area contributed by atoms with Crippen LogP contribution in [-0.4, -0.2) is 29.9 Å². The van der Waals surface area contributed by atoms with Gasteiger partial charge in [0.15, 0.2) is 0 Å². The Hall–Kier alpha value is -2.07. The molecule has 0 saturated carbocycles. The third-order valence-corrected chi connectivity index (χ3v) is 5.16. The van der Waals surface area contributed by atoms with E-state index < -0.39 is 5.97 Å². The lowest BCUT2D eigenvalue weighted by Crippen LogP contribution is -2.28. The molecule has 2 bridgehead atoms. The molecule has 0 spiro atoms. The van der Waals surface area contributed by atoms with Gasteiger partial charge in [-0.15, -0.1) is 0 Å². The Kier molecular flexibility index (Phi) is 6.29. The molecule has 1 N–H and O–H groups in total. The van der Waals surface area contributed by atoms with Crippen LogP contribution in [0.2, 0.25) is 0 Å². The number of rotatable bonds is 9. The second-order valence-corrected chi connectivity index (χ2v) is 6.75. The molecule has 0 amide bonds. The zero-order chi connectivity index (χ0) is 17.5. The average Bonchev–Trinajstić information content (AvgIpc) is 3.21. The molecule has 4 heteroatoms. The first-order chi connectivity index (χ1) is 12.2. The molecule has 0 unspecified atom stereocenters.